The quantitative estimate of drug-likeness (QED) is 0.743. The molecule has 0 spiro atoms. The van der Waals surface area contributed by atoms with Gasteiger partial charge >= 0.3 is 0 Å². The zero-order valence-corrected chi connectivity index (χ0v) is 16.2. The van der Waals surface area contributed by atoms with Crippen LogP contribution in [0.1, 0.15) is 25.3 Å². The van der Waals surface area contributed by atoms with Gasteiger partial charge in [0.05, 0.1) is 12.1 Å². The van der Waals surface area contributed by atoms with Gasteiger partial charge in [0, 0.05) is 12.6 Å². The summed E-state index contributed by atoms with van der Waals surface area (Å²) in [4.78, 5) is 13.3. The van der Waals surface area contributed by atoms with Crippen LogP contribution in [0.15, 0.2) is 12.1 Å². The molecule has 1 amide bonds. The van der Waals surface area contributed by atoms with Gasteiger partial charge in [0.1, 0.15) is 0 Å². The molecule has 1 aliphatic heterocycles. The first-order valence-corrected chi connectivity index (χ1v) is 8.54. The molecule has 1 fully saturated rings. The normalized spacial score (nSPS) is 16.8. The summed E-state index contributed by atoms with van der Waals surface area (Å²) < 4.78 is 10.7. The monoisotopic (exact) mass is 391 g/mol. The third-order valence-electron chi connectivity index (χ3n) is 4.43. The number of piperidine rings is 1. The molecule has 1 atom stereocenters. The molecule has 25 heavy (non-hydrogen) atoms. The predicted octanol–water partition coefficient (Wildman–Crippen LogP) is 2.19. The lowest BCUT2D eigenvalue weighted by atomic mass is 9.91. The smallest absolute Gasteiger partial charge is 0.255 e. The first-order chi connectivity index (χ1) is 11.4. The highest BCUT2D eigenvalue weighted by molar-refractivity contribution is 6.32. The van der Waals surface area contributed by atoms with Gasteiger partial charge < -0.3 is 20.9 Å². The molecule has 142 valence electrons. The molecule has 1 aromatic carbocycles. The Morgan fingerprint density at radius 3 is 2.56 bits per heavy atom. The Balaban J connectivity index is 0.00000312. The number of halogens is 2. The van der Waals surface area contributed by atoms with E-state index < -0.39 is 5.91 Å². The second kappa shape index (κ2) is 10.1. The summed E-state index contributed by atoms with van der Waals surface area (Å²) in [5, 5.41) is 0.413. The number of carbonyl (C=O) groups is 1. The first-order valence-electron chi connectivity index (χ1n) is 8.16. The topological polar surface area (TPSA) is 90.8 Å². The lowest BCUT2D eigenvalue weighted by Gasteiger charge is -2.33. The van der Waals surface area contributed by atoms with Gasteiger partial charge in [-0.05, 0) is 56.5 Å². The van der Waals surface area contributed by atoms with Crippen LogP contribution >= 0.6 is 24.0 Å². The van der Waals surface area contributed by atoms with Crippen LogP contribution < -0.4 is 20.9 Å². The minimum absolute atomic E-state index is 0. The summed E-state index contributed by atoms with van der Waals surface area (Å²) in [6, 6.07) is 3.99. The number of hydrogen-bond acceptors (Lipinski definition) is 5. The third-order valence-corrected chi connectivity index (χ3v) is 4.71. The van der Waals surface area contributed by atoms with Crippen LogP contribution in [0.4, 0.5) is 0 Å². The standard InChI is InChI=1S/C17H26ClN3O3.ClH/c1-11(19)13-3-5-21(6-4-13)9-12-7-14(18)17(15(8-12)23-2)24-10-16(20)22;/h7-8,11,13H,3-6,9-10,19H2,1-2H3,(H2,20,22);1H. The number of hydrogen-bond donors (Lipinski definition) is 2. The maximum absolute atomic E-state index is 10.9. The average molecular weight is 392 g/mol. The number of benzene rings is 1. The summed E-state index contributed by atoms with van der Waals surface area (Å²) in [6.45, 7) is 4.67. The number of primary amides is 1. The van der Waals surface area contributed by atoms with E-state index in [-0.39, 0.29) is 25.1 Å². The number of carbonyl (C=O) groups excluding carboxylic acids is 1. The van der Waals surface area contributed by atoms with E-state index in [9.17, 15) is 4.79 Å². The summed E-state index contributed by atoms with van der Waals surface area (Å²) in [6.07, 6.45) is 2.23. The molecule has 1 heterocycles. The molecule has 4 N–H and O–H groups in total. The highest BCUT2D eigenvalue weighted by Gasteiger charge is 2.22. The van der Waals surface area contributed by atoms with Gasteiger partial charge in [0.25, 0.3) is 5.91 Å². The number of likely N-dealkylation sites (tertiary alicyclic amines) is 1. The van der Waals surface area contributed by atoms with Crippen molar-refractivity contribution in [3.63, 3.8) is 0 Å². The lowest BCUT2D eigenvalue weighted by molar-refractivity contribution is -0.119. The van der Waals surface area contributed by atoms with Gasteiger partial charge in [0.2, 0.25) is 0 Å². The average Bonchev–Trinajstić information content (AvgIpc) is 2.53. The van der Waals surface area contributed by atoms with Crippen LogP contribution in [0, 0.1) is 5.92 Å². The van der Waals surface area contributed by atoms with Gasteiger partial charge in [-0.3, -0.25) is 9.69 Å². The zero-order chi connectivity index (χ0) is 17.7. The van der Waals surface area contributed by atoms with Crippen LogP contribution in [0.25, 0.3) is 0 Å². The molecular formula is C17H27Cl2N3O3. The van der Waals surface area contributed by atoms with Gasteiger partial charge in [-0.15, -0.1) is 12.4 Å². The minimum Gasteiger partial charge on any atom is -0.493 e. The number of nitrogens with zero attached hydrogens (tertiary/aromatic N) is 1. The van der Waals surface area contributed by atoms with Crippen LogP contribution in [0.2, 0.25) is 5.02 Å². The zero-order valence-electron chi connectivity index (χ0n) is 14.7. The van der Waals surface area contributed by atoms with Crippen molar-refractivity contribution in [3.8, 4) is 11.5 Å². The van der Waals surface area contributed by atoms with E-state index in [0.717, 1.165) is 38.0 Å². The fourth-order valence-electron chi connectivity index (χ4n) is 3.04. The number of ether oxygens (including phenoxy) is 2. The van der Waals surface area contributed by atoms with Gasteiger partial charge in [-0.25, -0.2) is 0 Å². The number of amides is 1. The third kappa shape index (κ3) is 6.22. The summed E-state index contributed by atoms with van der Waals surface area (Å²) >= 11 is 6.29. The fraction of sp³-hybridized carbons (Fsp3) is 0.588. The Bertz CT molecular complexity index is 577. The lowest BCUT2D eigenvalue weighted by Crippen LogP contribution is -2.39. The molecule has 0 saturated carbocycles. The second-order valence-electron chi connectivity index (χ2n) is 6.34. The van der Waals surface area contributed by atoms with E-state index in [2.05, 4.69) is 11.8 Å². The minimum atomic E-state index is -0.561. The Labute approximate surface area is 160 Å². The van der Waals surface area contributed by atoms with Crippen molar-refractivity contribution in [2.45, 2.75) is 32.4 Å². The van der Waals surface area contributed by atoms with Crippen molar-refractivity contribution in [2.24, 2.45) is 17.4 Å². The largest absolute Gasteiger partial charge is 0.493 e. The Kier molecular flexibility index (Phi) is 8.79. The van der Waals surface area contributed by atoms with E-state index in [1.807, 2.05) is 12.1 Å². The van der Waals surface area contributed by atoms with E-state index in [1.54, 1.807) is 7.11 Å². The van der Waals surface area contributed by atoms with Crippen LogP contribution in [-0.2, 0) is 11.3 Å². The summed E-state index contributed by atoms with van der Waals surface area (Å²) in [5.41, 5.74) is 12.1. The predicted molar refractivity (Wildman–Crippen MR) is 102 cm³/mol. The molecule has 1 unspecified atom stereocenters. The number of methoxy groups -OCH3 is 1. The van der Waals surface area contributed by atoms with Crippen LogP contribution in [0.5, 0.6) is 11.5 Å². The van der Waals surface area contributed by atoms with Crippen LogP contribution in [0.3, 0.4) is 0 Å². The molecule has 0 aromatic heterocycles. The molecule has 8 heteroatoms. The van der Waals surface area contributed by atoms with E-state index in [0.29, 0.717) is 22.4 Å². The van der Waals surface area contributed by atoms with Gasteiger partial charge in [-0.2, -0.15) is 0 Å². The SMILES string of the molecule is COc1cc(CN2CCC(C(C)N)CC2)cc(Cl)c1OCC(N)=O.Cl. The van der Waals surface area contributed by atoms with Crippen molar-refractivity contribution in [2.75, 3.05) is 26.8 Å². The van der Waals surface area contributed by atoms with Crippen LogP contribution in [-0.4, -0.2) is 43.7 Å². The Morgan fingerprint density at radius 1 is 1.40 bits per heavy atom. The van der Waals surface area contributed by atoms with Gasteiger partial charge in [0.15, 0.2) is 18.1 Å². The molecule has 1 aromatic rings. The molecule has 0 radical (unpaired) electrons. The molecule has 2 rings (SSSR count). The van der Waals surface area contributed by atoms with E-state index >= 15 is 0 Å². The summed E-state index contributed by atoms with van der Waals surface area (Å²) in [7, 11) is 1.54. The molecule has 1 saturated heterocycles. The number of rotatable bonds is 7. The maximum atomic E-state index is 10.9. The fourth-order valence-corrected chi connectivity index (χ4v) is 3.33. The Morgan fingerprint density at radius 2 is 2.04 bits per heavy atom. The first kappa shape index (κ1) is 21.8. The molecule has 1 aliphatic rings. The molecular weight excluding hydrogens is 365 g/mol. The van der Waals surface area contributed by atoms with Crippen molar-refractivity contribution < 1.29 is 14.3 Å². The van der Waals surface area contributed by atoms with Crippen molar-refractivity contribution in [1.82, 2.24) is 4.90 Å². The molecule has 0 bridgehead atoms. The van der Waals surface area contributed by atoms with Crippen molar-refractivity contribution in [1.29, 1.82) is 0 Å². The molecule has 0 aliphatic carbocycles. The highest BCUT2D eigenvalue weighted by Crippen LogP contribution is 2.37. The second-order valence-corrected chi connectivity index (χ2v) is 6.74. The van der Waals surface area contributed by atoms with E-state index in [1.165, 1.54) is 0 Å². The number of nitrogens with two attached hydrogens (primary N) is 2. The highest BCUT2D eigenvalue weighted by atomic mass is 35.5. The van der Waals surface area contributed by atoms with Gasteiger partial charge in [-0.1, -0.05) is 11.6 Å². The maximum Gasteiger partial charge on any atom is 0.255 e. The summed E-state index contributed by atoms with van der Waals surface area (Å²) in [5.74, 6) is 0.889. The van der Waals surface area contributed by atoms with E-state index in [4.69, 9.17) is 32.5 Å². The van der Waals surface area contributed by atoms with Crippen molar-refractivity contribution >= 4 is 29.9 Å². The Hall–Kier alpha value is -1.21. The molecule has 6 nitrogen and oxygen atoms in total. The van der Waals surface area contributed by atoms with Crippen molar-refractivity contribution in [3.05, 3.63) is 22.7 Å².